The number of aryl methyl sites for hydroxylation is 1. The van der Waals surface area contributed by atoms with Gasteiger partial charge in [0.05, 0.1) is 0 Å². The summed E-state index contributed by atoms with van der Waals surface area (Å²) in [5.74, 6) is -0.478. The number of anilines is 1. The summed E-state index contributed by atoms with van der Waals surface area (Å²) in [6.07, 6.45) is 3.52. The molecule has 232 valence electrons. The highest BCUT2D eigenvalue weighted by Crippen LogP contribution is 2.28. The fourth-order valence-electron chi connectivity index (χ4n) is 5.12. The normalized spacial score (nSPS) is 12.9. The summed E-state index contributed by atoms with van der Waals surface area (Å²) in [4.78, 5) is 43.1. The number of nitrogens with one attached hydrogen (secondary N) is 2. The van der Waals surface area contributed by atoms with E-state index in [1.165, 1.54) is 0 Å². The fourth-order valence-corrected chi connectivity index (χ4v) is 5.12. The molecular weight excluding hydrogens is 538 g/mol. The van der Waals surface area contributed by atoms with Crippen LogP contribution in [0.25, 0.3) is 10.8 Å². The van der Waals surface area contributed by atoms with Crippen molar-refractivity contribution in [2.75, 3.05) is 11.9 Å². The third kappa shape index (κ3) is 10.4. The van der Waals surface area contributed by atoms with Gasteiger partial charge in [0.25, 0.3) is 5.91 Å². The number of alkyl carbamates (subject to hydrolysis) is 1. The van der Waals surface area contributed by atoms with Gasteiger partial charge in [0, 0.05) is 12.2 Å². The number of carbonyl (C=O) groups excluding carboxylic acids is 3. The van der Waals surface area contributed by atoms with Crippen molar-refractivity contribution >= 4 is 34.4 Å². The van der Waals surface area contributed by atoms with E-state index in [4.69, 9.17) is 4.74 Å². The summed E-state index contributed by atoms with van der Waals surface area (Å²) in [5, 5.41) is 8.01. The molecule has 2 unspecified atom stereocenters. The zero-order valence-corrected chi connectivity index (χ0v) is 26.9. The number of benzene rings is 3. The molecule has 0 aliphatic heterocycles. The van der Waals surface area contributed by atoms with Crippen LogP contribution in [0.4, 0.5) is 10.5 Å². The van der Waals surface area contributed by atoms with Gasteiger partial charge >= 0.3 is 6.09 Å². The Morgan fingerprint density at radius 2 is 1.56 bits per heavy atom. The molecule has 0 aliphatic carbocycles. The summed E-state index contributed by atoms with van der Waals surface area (Å²) in [5.41, 5.74) is 1.72. The maximum atomic E-state index is 14.4. The lowest BCUT2D eigenvalue weighted by Gasteiger charge is -2.35. The Kier molecular flexibility index (Phi) is 12.2. The molecule has 0 saturated carbocycles. The molecule has 0 fully saturated rings. The number of ether oxygens (including phenoxy) is 1. The van der Waals surface area contributed by atoms with Crippen LogP contribution in [0.1, 0.15) is 90.8 Å². The molecule has 7 nitrogen and oxygen atoms in total. The van der Waals surface area contributed by atoms with Gasteiger partial charge in [-0.05, 0) is 74.9 Å². The summed E-state index contributed by atoms with van der Waals surface area (Å²) >= 11 is 0. The van der Waals surface area contributed by atoms with Crippen LogP contribution in [-0.2, 0) is 14.3 Å². The molecule has 43 heavy (non-hydrogen) atoms. The minimum Gasteiger partial charge on any atom is -0.444 e. The van der Waals surface area contributed by atoms with Crippen LogP contribution in [0.5, 0.6) is 0 Å². The summed E-state index contributed by atoms with van der Waals surface area (Å²) < 4.78 is 5.51. The van der Waals surface area contributed by atoms with Crippen molar-refractivity contribution in [1.82, 2.24) is 10.2 Å². The first kappa shape index (κ1) is 33.6. The van der Waals surface area contributed by atoms with E-state index in [-0.39, 0.29) is 17.7 Å². The first-order chi connectivity index (χ1) is 20.4. The Hall–Kier alpha value is -3.87. The van der Waals surface area contributed by atoms with E-state index in [9.17, 15) is 14.4 Å². The number of unbranched alkanes of at least 4 members (excludes halogenated alkanes) is 3. The van der Waals surface area contributed by atoms with Gasteiger partial charge in [-0.15, -0.1) is 0 Å². The Labute approximate surface area is 257 Å². The number of carbonyl (C=O) groups is 3. The van der Waals surface area contributed by atoms with Crippen molar-refractivity contribution in [3.8, 4) is 0 Å². The van der Waals surface area contributed by atoms with Crippen molar-refractivity contribution in [3.05, 3.63) is 77.9 Å². The monoisotopic (exact) mass is 587 g/mol. The summed E-state index contributed by atoms with van der Waals surface area (Å²) in [6, 6.07) is 19.8. The zero-order valence-electron chi connectivity index (χ0n) is 26.9. The maximum Gasteiger partial charge on any atom is 0.408 e. The second kappa shape index (κ2) is 15.6. The maximum absolute atomic E-state index is 14.4. The number of hydrogen-bond acceptors (Lipinski definition) is 4. The number of rotatable bonds is 13. The third-order valence-corrected chi connectivity index (χ3v) is 7.20. The van der Waals surface area contributed by atoms with Gasteiger partial charge in [0.15, 0.2) is 0 Å². The van der Waals surface area contributed by atoms with Crippen molar-refractivity contribution in [2.45, 2.75) is 98.3 Å². The predicted octanol–water partition coefficient (Wildman–Crippen LogP) is 8.18. The molecule has 0 spiro atoms. The number of nitrogens with zero attached hydrogens (tertiary/aromatic N) is 1. The molecular formula is C36H49N3O4. The summed E-state index contributed by atoms with van der Waals surface area (Å²) in [6.45, 7) is 13.9. The van der Waals surface area contributed by atoms with Crippen LogP contribution < -0.4 is 10.6 Å². The van der Waals surface area contributed by atoms with Gasteiger partial charge < -0.3 is 20.3 Å². The van der Waals surface area contributed by atoms with Crippen LogP contribution >= 0.6 is 0 Å². The largest absolute Gasteiger partial charge is 0.444 e. The second-order valence-corrected chi connectivity index (χ2v) is 12.8. The van der Waals surface area contributed by atoms with E-state index in [0.29, 0.717) is 24.2 Å². The highest BCUT2D eigenvalue weighted by Gasteiger charge is 2.36. The van der Waals surface area contributed by atoms with Gasteiger partial charge in [-0.2, -0.15) is 0 Å². The molecule has 0 saturated heterocycles. The molecule has 7 heteroatoms. The molecule has 3 rings (SSSR count). The van der Waals surface area contributed by atoms with Crippen LogP contribution in [0.2, 0.25) is 0 Å². The van der Waals surface area contributed by atoms with Crippen LogP contribution in [0.15, 0.2) is 66.7 Å². The average molecular weight is 588 g/mol. The van der Waals surface area contributed by atoms with Crippen LogP contribution in [-0.4, -0.2) is 41.0 Å². The van der Waals surface area contributed by atoms with Gasteiger partial charge in [-0.1, -0.05) is 100 Å². The zero-order chi connectivity index (χ0) is 31.6. The topological polar surface area (TPSA) is 87.7 Å². The molecule has 0 aliphatic rings. The molecule has 2 N–H and O–H groups in total. The van der Waals surface area contributed by atoms with Gasteiger partial charge in [-0.25, -0.2) is 4.79 Å². The molecule has 3 amide bonds. The quantitative estimate of drug-likeness (QED) is 0.197. The highest BCUT2D eigenvalue weighted by molar-refractivity contribution is 6.00. The third-order valence-electron chi connectivity index (χ3n) is 7.20. The van der Waals surface area contributed by atoms with Crippen molar-refractivity contribution in [2.24, 2.45) is 5.92 Å². The van der Waals surface area contributed by atoms with Crippen molar-refractivity contribution < 1.29 is 19.1 Å². The van der Waals surface area contributed by atoms with E-state index in [2.05, 4.69) is 17.6 Å². The van der Waals surface area contributed by atoms with Gasteiger partial charge in [0.2, 0.25) is 5.91 Å². The first-order valence-corrected chi connectivity index (χ1v) is 15.5. The predicted molar refractivity (Wildman–Crippen MR) is 175 cm³/mol. The highest BCUT2D eigenvalue weighted by atomic mass is 16.6. The van der Waals surface area contributed by atoms with Gasteiger partial charge in [-0.3, -0.25) is 9.59 Å². The molecule has 2 atom stereocenters. The Morgan fingerprint density at radius 1 is 0.884 bits per heavy atom. The standard InChI is InChI=1S/C36H49N3O4/c1-8-9-10-13-22-39(34(41)31(23-25(2)3)38-35(42)43-36(5,6)7)32(28-18-16-26(4)17-19-28)33(40)37-30-21-20-27-14-11-12-15-29(27)24-30/h11-12,14-21,24-25,31-32H,8-10,13,22-23H2,1-7H3,(H,37,40)(H,38,42). The Morgan fingerprint density at radius 3 is 2.19 bits per heavy atom. The number of hydrogen-bond donors (Lipinski definition) is 2. The molecule has 0 bridgehead atoms. The van der Waals surface area contributed by atoms with E-state index in [1.807, 2.05) is 87.5 Å². The van der Waals surface area contributed by atoms with E-state index in [1.54, 1.807) is 25.7 Å². The minimum atomic E-state index is -0.892. The lowest BCUT2D eigenvalue weighted by atomic mass is 9.98. The SMILES string of the molecule is CCCCCCN(C(=O)C(CC(C)C)NC(=O)OC(C)(C)C)C(C(=O)Nc1ccc2ccccc2c1)c1ccc(C)cc1. The second-order valence-electron chi connectivity index (χ2n) is 12.8. The average Bonchev–Trinajstić information content (AvgIpc) is 2.93. The number of fused-ring (bicyclic) bond motifs is 1. The molecule has 0 radical (unpaired) electrons. The molecule has 0 heterocycles. The van der Waals surface area contributed by atoms with E-state index >= 15 is 0 Å². The van der Waals surface area contributed by atoms with Crippen molar-refractivity contribution in [1.29, 1.82) is 0 Å². The van der Waals surface area contributed by atoms with Crippen LogP contribution in [0, 0.1) is 12.8 Å². The van der Waals surface area contributed by atoms with Gasteiger partial charge in [0.1, 0.15) is 17.7 Å². The first-order valence-electron chi connectivity index (χ1n) is 15.5. The van der Waals surface area contributed by atoms with Crippen molar-refractivity contribution in [3.63, 3.8) is 0 Å². The Balaban J connectivity index is 2.02. The number of amides is 3. The smallest absolute Gasteiger partial charge is 0.408 e. The fraction of sp³-hybridized carbons (Fsp3) is 0.472. The lowest BCUT2D eigenvalue weighted by molar-refractivity contribution is -0.141. The van der Waals surface area contributed by atoms with E-state index in [0.717, 1.165) is 42.0 Å². The van der Waals surface area contributed by atoms with E-state index < -0.39 is 23.8 Å². The Bertz CT molecular complexity index is 1360. The molecule has 3 aromatic rings. The lowest BCUT2D eigenvalue weighted by Crippen LogP contribution is -2.53. The molecule has 0 aromatic heterocycles. The molecule has 3 aromatic carbocycles. The van der Waals surface area contributed by atoms with Crippen LogP contribution in [0.3, 0.4) is 0 Å². The summed E-state index contributed by atoms with van der Waals surface area (Å²) in [7, 11) is 0. The minimum absolute atomic E-state index is 0.120.